The summed E-state index contributed by atoms with van der Waals surface area (Å²) in [5.74, 6) is -2.07. The molecule has 5 rings (SSSR count). The number of hydrogen-bond acceptors (Lipinski definition) is 3. The molecule has 4 aromatic rings. The van der Waals surface area contributed by atoms with Gasteiger partial charge in [-0.25, -0.2) is 13.6 Å². The summed E-state index contributed by atoms with van der Waals surface area (Å²) in [5, 5.41) is 10.6. The number of aromatic nitrogens is 2. The van der Waals surface area contributed by atoms with Gasteiger partial charge in [-0.05, 0) is 42.0 Å². The minimum atomic E-state index is -1.29. The van der Waals surface area contributed by atoms with Crippen LogP contribution in [0.4, 0.5) is 8.78 Å². The third kappa shape index (κ3) is 2.99. The fraction of sp³-hybridized carbons (Fsp3) is 0.130. The number of aromatic amines is 1. The molecule has 0 atom stereocenters. The number of benzene rings is 2. The predicted molar refractivity (Wildman–Crippen MR) is 110 cm³/mol. The summed E-state index contributed by atoms with van der Waals surface area (Å²) in [6.45, 7) is 0.205. The number of nitrogens with zero attached hydrogens (tertiary/aromatic N) is 1. The normalized spacial score (nSPS) is 12.7. The third-order valence-electron chi connectivity index (χ3n) is 5.51. The lowest BCUT2D eigenvalue weighted by Crippen LogP contribution is -2.14. The Balaban J connectivity index is 1.89. The second-order valence-electron chi connectivity index (χ2n) is 7.31. The van der Waals surface area contributed by atoms with E-state index in [0.29, 0.717) is 29.7 Å². The Bertz CT molecular complexity index is 1420. The zero-order valence-electron chi connectivity index (χ0n) is 16.1. The van der Waals surface area contributed by atoms with Gasteiger partial charge in [0.15, 0.2) is 0 Å². The van der Waals surface area contributed by atoms with Crippen LogP contribution in [0.2, 0.25) is 0 Å². The number of hydrogen-bond donors (Lipinski definition) is 2. The maximum atomic E-state index is 14.4. The van der Waals surface area contributed by atoms with Crippen molar-refractivity contribution in [2.45, 2.75) is 13.0 Å². The number of carboxylic acid groups (broad SMARTS) is 1. The Hall–Kier alpha value is -3.94. The van der Waals surface area contributed by atoms with E-state index in [1.165, 1.54) is 16.8 Å². The Morgan fingerprint density at radius 3 is 2.81 bits per heavy atom. The first-order chi connectivity index (χ1) is 15.0. The fourth-order valence-corrected chi connectivity index (χ4v) is 4.18. The van der Waals surface area contributed by atoms with E-state index in [2.05, 4.69) is 4.98 Å². The number of fused-ring (bicyclic) bond motifs is 3. The number of carboxylic acids is 1. The quantitative estimate of drug-likeness (QED) is 0.522. The third-order valence-corrected chi connectivity index (χ3v) is 5.51. The van der Waals surface area contributed by atoms with Gasteiger partial charge in [-0.1, -0.05) is 6.07 Å². The van der Waals surface area contributed by atoms with Crippen molar-refractivity contribution in [1.82, 2.24) is 9.55 Å². The number of H-pyrrole nitrogens is 1. The number of carbonyl (C=O) groups is 1. The molecule has 0 spiro atoms. The largest absolute Gasteiger partial charge is 0.492 e. The standard InChI is InChI=1S/C23H16F2N2O4/c24-14-4-5-16(25)13(10-14)11-27-17-6-3-12-7-9-31-21(12)19(17)18(20(27)23(29)30)15-2-1-8-26-22(15)28/h1-6,8,10H,7,9,11H2,(H,26,28)(H,29,30). The molecule has 0 bridgehead atoms. The van der Waals surface area contributed by atoms with Crippen LogP contribution in [0, 0.1) is 11.6 Å². The molecule has 0 radical (unpaired) electrons. The van der Waals surface area contributed by atoms with E-state index in [1.54, 1.807) is 12.1 Å². The van der Waals surface area contributed by atoms with Crippen molar-refractivity contribution in [1.29, 1.82) is 0 Å². The van der Waals surface area contributed by atoms with Gasteiger partial charge < -0.3 is 19.4 Å². The molecule has 0 unspecified atom stereocenters. The average Bonchev–Trinajstić information content (AvgIpc) is 3.33. The van der Waals surface area contributed by atoms with Crippen molar-refractivity contribution in [3.8, 4) is 16.9 Å². The maximum Gasteiger partial charge on any atom is 0.353 e. The molecular formula is C23H16F2N2O4. The molecule has 1 aliphatic rings. The molecular weight excluding hydrogens is 406 g/mol. The van der Waals surface area contributed by atoms with Gasteiger partial charge in [0.1, 0.15) is 23.1 Å². The van der Waals surface area contributed by atoms with Crippen LogP contribution in [0.5, 0.6) is 5.75 Å². The Morgan fingerprint density at radius 1 is 1.19 bits per heavy atom. The lowest BCUT2D eigenvalue weighted by molar-refractivity contribution is 0.0687. The number of pyridine rings is 1. The molecule has 0 aliphatic carbocycles. The summed E-state index contributed by atoms with van der Waals surface area (Å²) in [7, 11) is 0. The van der Waals surface area contributed by atoms with Crippen LogP contribution < -0.4 is 10.3 Å². The van der Waals surface area contributed by atoms with Gasteiger partial charge in [-0.3, -0.25) is 4.79 Å². The average molecular weight is 422 g/mol. The van der Waals surface area contributed by atoms with E-state index >= 15 is 0 Å². The van der Waals surface area contributed by atoms with Gasteiger partial charge in [0.25, 0.3) is 5.56 Å². The highest BCUT2D eigenvalue weighted by atomic mass is 19.1. The fourth-order valence-electron chi connectivity index (χ4n) is 4.18. The molecule has 1 aliphatic heterocycles. The number of rotatable bonds is 4. The van der Waals surface area contributed by atoms with Crippen molar-refractivity contribution in [3.63, 3.8) is 0 Å². The zero-order valence-corrected chi connectivity index (χ0v) is 16.1. The maximum absolute atomic E-state index is 14.4. The SMILES string of the molecule is O=C(O)c1c(-c2ccc[nH]c2=O)c2c3c(ccc2n1Cc1cc(F)ccc1F)CCO3. The molecule has 2 aromatic carbocycles. The van der Waals surface area contributed by atoms with E-state index in [9.17, 15) is 23.5 Å². The highest BCUT2D eigenvalue weighted by molar-refractivity contribution is 6.11. The van der Waals surface area contributed by atoms with Crippen molar-refractivity contribution in [2.24, 2.45) is 0 Å². The predicted octanol–water partition coefficient (Wildman–Crippen LogP) is 3.96. The van der Waals surface area contributed by atoms with Crippen LogP contribution in [0.25, 0.3) is 22.0 Å². The summed E-state index contributed by atoms with van der Waals surface area (Å²) in [5.41, 5.74) is 1.05. The molecule has 0 fully saturated rings. The van der Waals surface area contributed by atoms with Crippen LogP contribution in [0.1, 0.15) is 21.6 Å². The van der Waals surface area contributed by atoms with E-state index < -0.39 is 23.2 Å². The highest BCUT2D eigenvalue weighted by Crippen LogP contribution is 2.43. The number of halogens is 2. The molecule has 2 N–H and O–H groups in total. The zero-order chi connectivity index (χ0) is 21.7. The van der Waals surface area contributed by atoms with Gasteiger partial charge in [-0.2, -0.15) is 0 Å². The van der Waals surface area contributed by atoms with Gasteiger partial charge in [0, 0.05) is 23.7 Å². The van der Waals surface area contributed by atoms with Crippen LogP contribution in [0.15, 0.2) is 53.5 Å². The second kappa shape index (κ2) is 7.09. The Morgan fingerprint density at radius 2 is 2.03 bits per heavy atom. The monoisotopic (exact) mass is 422 g/mol. The molecule has 8 heteroatoms. The van der Waals surface area contributed by atoms with Crippen molar-refractivity contribution in [3.05, 3.63) is 87.5 Å². The van der Waals surface area contributed by atoms with Gasteiger partial charge >= 0.3 is 5.97 Å². The van der Waals surface area contributed by atoms with Crippen molar-refractivity contribution in [2.75, 3.05) is 6.61 Å². The topological polar surface area (TPSA) is 84.3 Å². The number of ether oxygens (including phenoxy) is 1. The van der Waals surface area contributed by atoms with Crippen LogP contribution >= 0.6 is 0 Å². The summed E-state index contributed by atoms with van der Waals surface area (Å²) < 4.78 is 35.4. The van der Waals surface area contributed by atoms with E-state index in [1.807, 2.05) is 6.07 Å². The Kier molecular flexibility index (Phi) is 4.35. The number of aromatic carboxylic acids is 1. The first kappa shape index (κ1) is 19.0. The minimum Gasteiger partial charge on any atom is -0.492 e. The molecule has 0 saturated heterocycles. The first-order valence-electron chi connectivity index (χ1n) is 9.62. The van der Waals surface area contributed by atoms with Crippen LogP contribution in [0.3, 0.4) is 0 Å². The van der Waals surface area contributed by atoms with E-state index in [-0.39, 0.29) is 28.9 Å². The highest BCUT2D eigenvalue weighted by Gasteiger charge is 2.30. The Labute approximate surface area is 174 Å². The summed E-state index contributed by atoms with van der Waals surface area (Å²) in [6.07, 6.45) is 2.11. The molecule has 2 aromatic heterocycles. The summed E-state index contributed by atoms with van der Waals surface area (Å²) in [6, 6.07) is 9.72. The number of nitrogens with one attached hydrogen (secondary N) is 1. The van der Waals surface area contributed by atoms with E-state index in [4.69, 9.17) is 4.74 Å². The molecule has 156 valence electrons. The molecule has 0 amide bonds. The van der Waals surface area contributed by atoms with Gasteiger partial charge in [-0.15, -0.1) is 0 Å². The van der Waals surface area contributed by atoms with Crippen molar-refractivity contribution >= 4 is 16.9 Å². The molecule has 6 nitrogen and oxygen atoms in total. The first-order valence-corrected chi connectivity index (χ1v) is 9.62. The van der Waals surface area contributed by atoms with Crippen molar-refractivity contribution < 1.29 is 23.4 Å². The van der Waals surface area contributed by atoms with Crippen LogP contribution in [-0.2, 0) is 13.0 Å². The lowest BCUT2D eigenvalue weighted by atomic mass is 10.0. The van der Waals surface area contributed by atoms with Crippen LogP contribution in [-0.4, -0.2) is 27.2 Å². The molecule has 0 saturated carbocycles. The lowest BCUT2D eigenvalue weighted by Gasteiger charge is -2.10. The summed E-state index contributed by atoms with van der Waals surface area (Å²) >= 11 is 0. The summed E-state index contributed by atoms with van der Waals surface area (Å²) in [4.78, 5) is 27.6. The van der Waals surface area contributed by atoms with Gasteiger partial charge in [0.05, 0.1) is 29.6 Å². The van der Waals surface area contributed by atoms with Gasteiger partial charge in [0.2, 0.25) is 0 Å². The molecule has 3 heterocycles. The van der Waals surface area contributed by atoms with E-state index in [0.717, 1.165) is 23.8 Å². The second-order valence-corrected chi connectivity index (χ2v) is 7.31. The minimum absolute atomic E-state index is 0.00524. The smallest absolute Gasteiger partial charge is 0.353 e. The molecule has 31 heavy (non-hydrogen) atoms.